The zero-order valence-corrected chi connectivity index (χ0v) is 19.7. The molecule has 7 heteroatoms. The summed E-state index contributed by atoms with van der Waals surface area (Å²) in [5, 5.41) is 3.03. The Hall–Kier alpha value is -3.09. The van der Waals surface area contributed by atoms with Crippen molar-refractivity contribution in [1.29, 1.82) is 0 Å². The first-order valence-electron chi connectivity index (χ1n) is 10.0. The Kier molecular flexibility index (Phi) is 7.06. The topological polar surface area (TPSA) is 75.3 Å². The second-order valence-electron chi connectivity index (χ2n) is 8.30. The molecule has 0 aliphatic heterocycles. The van der Waals surface area contributed by atoms with Gasteiger partial charge in [-0.15, -0.1) is 0 Å². The summed E-state index contributed by atoms with van der Waals surface area (Å²) in [6, 6.07) is 20.5. The van der Waals surface area contributed by atoms with Crippen molar-refractivity contribution in [2.45, 2.75) is 31.1 Å². The molecule has 0 saturated carbocycles. The predicted octanol–water partition coefficient (Wildman–Crippen LogP) is 6.09. The van der Waals surface area contributed by atoms with E-state index >= 15 is 0 Å². The van der Waals surface area contributed by atoms with Crippen molar-refractivity contribution in [2.24, 2.45) is 0 Å². The van der Waals surface area contributed by atoms with Crippen LogP contribution >= 0.6 is 11.6 Å². The lowest BCUT2D eigenvalue weighted by Gasteiger charge is -2.18. The number of amides is 1. The number of halogens is 1. The standard InChI is InChI=1S/C25H25ClN2O3S/c1-25(2,3)19-11-8-18(9-12-19)10-17-24(29)27-20-13-15-21(16-14-20)32(30,31)28-23-7-5-4-6-22(23)26/h4-17,28H,1-3H3,(H,27,29)/b17-10+. The van der Waals surface area contributed by atoms with Crippen molar-refractivity contribution in [2.75, 3.05) is 10.0 Å². The van der Waals surface area contributed by atoms with Crippen LogP contribution in [0.3, 0.4) is 0 Å². The van der Waals surface area contributed by atoms with Gasteiger partial charge < -0.3 is 5.32 Å². The van der Waals surface area contributed by atoms with Crippen LogP contribution in [0, 0.1) is 0 Å². The number of para-hydroxylation sites is 1. The van der Waals surface area contributed by atoms with Gasteiger partial charge in [0, 0.05) is 11.8 Å². The maximum Gasteiger partial charge on any atom is 0.261 e. The van der Waals surface area contributed by atoms with Gasteiger partial charge in [0.15, 0.2) is 0 Å². The third kappa shape index (κ3) is 6.22. The molecular weight excluding hydrogens is 444 g/mol. The number of sulfonamides is 1. The molecule has 3 aromatic carbocycles. The number of carbonyl (C=O) groups excluding carboxylic acids is 1. The van der Waals surface area contributed by atoms with E-state index in [0.717, 1.165) is 5.56 Å². The number of anilines is 2. The van der Waals surface area contributed by atoms with Crippen molar-refractivity contribution in [3.63, 3.8) is 0 Å². The number of benzene rings is 3. The molecule has 0 radical (unpaired) electrons. The van der Waals surface area contributed by atoms with Crippen molar-refractivity contribution in [1.82, 2.24) is 0 Å². The highest BCUT2D eigenvalue weighted by atomic mass is 35.5. The fourth-order valence-electron chi connectivity index (χ4n) is 2.92. The average molecular weight is 469 g/mol. The van der Waals surface area contributed by atoms with Crippen LogP contribution in [-0.2, 0) is 20.2 Å². The highest BCUT2D eigenvalue weighted by molar-refractivity contribution is 7.92. The molecule has 166 valence electrons. The van der Waals surface area contributed by atoms with Gasteiger partial charge in [-0.05, 0) is 59.0 Å². The molecule has 0 aromatic heterocycles. The summed E-state index contributed by atoms with van der Waals surface area (Å²) in [6.45, 7) is 6.44. The van der Waals surface area contributed by atoms with Crippen LogP contribution in [0.4, 0.5) is 11.4 Å². The lowest BCUT2D eigenvalue weighted by atomic mass is 9.87. The lowest BCUT2D eigenvalue weighted by Crippen LogP contribution is -2.13. The molecule has 2 N–H and O–H groups in total. The summed E-state index contributed by atoms with van der Waals surface area (Å²) < 4.78 is 27.6. The van der Waals surface area contributed by atoms with E-state index in [2.05, 4.69) is 30.8 Å². The van der Waals surface area contributed by atoms with E-state index < -0.39 is 10.0 Å². The largest absolute Gasteiger partial charge is 0.323 e. The molecule has 0 atom stereocenters. The molecule has 3 aromatic rings. The predicted molar refractivity (Wildman–Crippen MR) is 132 cm³/mol. The zero-order chi connectivity index (χ0) is 23.4. The Morgan fingerprint density at radius 1 is 0.906 bits per heavy atom. The van der Waals surface area contributed by atoms with Gasteiger partial charge in [-0.25, -0.2) is 8.42 Å². The second-order valence-corrected chi connectivity index (χ2v) is 10.4. The van der Waals surface area contributed by atoms with Crippen LogP contribution < -0.4 is 10.0 Å². The quantitative estimate of drug-likeness (QED) is 0.430. The summed E-state index contributed by atoms with van der Waals surface area (Å²) in [7, 11) is -3.80. The summed E-state index contributed by atoms with van der Waals surface area (Å²) in [5.41, 5.74) is 2.99. The highest BCUT2D eigenvalue weighted by Gasteiger charge is 2.16. The van der Waals surface area contributed by atoms with Gasteiger partial charge in [0.25, 0.3) is 10.0 Å². The van der Waals surface area contributed by atoms with E-state index in [9.17, 15) is 13.2 Å². The Labute approximate surface area is 194 Å². The van der Waals surface area contributed by atoms with Crippen LogP contribution in [0.5, 0.6) is 0 Å². The normalized spacial score (nSPS) is 12.0. The molecule has 0 aliphatic carbocycles. The number of hydrogen-bond donors (Lipinski definition) is 2. The van der Waals surface area contributed by atoms with Gasteiger partial charge in [-0.3, -0.25) is 9.52 Å². The van der Waals surface area contributed by atoms with E-state index in [1.54, 1.807) is 30.3 Å². The Balaban J connectivity index is 1.63. The van der Waals surface area contributed by atoms with Crippen LogP contribution in [0.15, 0.2) is 83.8 Å². The first kappa shape index (κ1) is 23.6. The fourth-order valence-corrected chi connectivity index (χ4v) is 4.23. The number of nitrogens with one attached hydrogen (secondary N) is 2. The van der Waals surface area contributed by atoms with Crippen LogP contribution in [0.25, 0.3) is 6.08 Å². The SMILES string of the molecule is CC(C)(C)c1ccc(/C=C/C(=O)Nc2ccc(S(=O)(=O)Nc3ccccc3Cl)cc2)cc1. The molecule has 0 fully saturated rings. The Morgan fingerprint density at radius 3 is 2.12 bits per heavy atom. The molecule has 0 spiro atoms. The highest BCUT2D eigenvalue weighted by Crippen LogP contribution is 2.25. The van der Waals surface area contributed by atoms with Crippen molar-refractivity contribution >= 4 is 45.0 Å². The van der Waals surface area contributed by atoms with Crippen molar-refractivity contribution in [3.8, 4) is 0 Å². The summed E-state index contributed by atoms with van der Waals surface area (Å²) in [6.07, 6.45) is 3.17. The second kappa shape index (κ2) is 9.59. The Bertz CT molecular complexity index is 1230. The maximum atomic E-state index is 12.6. The molecule has 0 heterocycles. The van der Waals surface area contributed by atoms with Crippen LogP contribution in [0.1, 0.15) is 31.9 Å². The molecule has 0 saturated heterocycles. The van der Waals surface area contributed by atoms with Crippen molar-refractivity contribution in [3.05, 3.63) is 95.0 Å². The first-order valence-corrected chi connectivity index (χ1v) is 11.9. The lowest BCUT2D eigenvalue weighted by molar-refractivity contribution is -0.111. The van der Waals surface area contributed by atoms with E-state index in [0.29, 0.717) is 16.4 Å². The van der Waals surface area contributed by atoms with Gasteiger partial charge >= 0.3 is 0 Å². The van der Waals surface area contributed by atoms with E-state index in [1.165, 1.54) is 35.9 Å². The van der Waals surface area contributed by atoms with Crippen LogP contribution in [0.2, 0.25) is 5.02 Å². The van der Waals surface area contributed by atoms with E-state index in [-0.39, 0.29) is 16.2 Å². The molecule has 0 bridgehead atoms. The summed E-state index contributed by atoms with van der Waals surface area (Å²) in [4.78, 5) is 12.3. The molecule has 0 aliphatic rings. The minimum absolute atomic E-state index is 0.0601. The molecule has 3 rings (SSSR count). The molecule has 0 unspecified atom stereocenters. The number of carbonyl (C=O) groups is 1. The van der Waals surface area contributed by atoms with Gasteiger partial charge in [-0.1, -0.05) is 68.8 Å². The van der Waals surface area contributed by atoms with E-state index in [4.69, 9.17) is 11.6 Å². The Morgan fingerprint density at radius 2 is 1.53 bits per heavy atom. The molecule has 5 nitrogen and oxygen atoms in total. The summed E-state index contributed by atoms with van der Waals surface area (Å²) in [5.74, 6) is -0.310. The van der Waals surface area contributed by atoms with Crippen molar-refractivity contribution < 1.29 is 13.2 Å². The molecular formula is C25H25ClN2O3S. The van der Waals surface area contributed by atoms with E-state index in [1.807, 2.05) is 24.3 Å². The van der Waals surface area contributed by atoms with Gasteiger partial charge in [0.2, 0.25) is 5.91 Å². The molecule has 1 amide bonds. The molecule has 32 heavy (non-hydrogen) atoms. The van der Waals surface area contributed by atoms with Gasteiger partial charge in [0.1, 0.15) is 0 Å². The van der Waals surface area contributed by atoms with Crippen LogP contribution in [-0.4, -0.2) is 14.3 Å². The number of rotatable bonds is 6. The smallest absolute Gasteiger partial charge is 0.261 e. The first-order chi connectivity index (χ1) is 15.0. The third-order valence-electron chi connectivity index (χ3n) is 4.75. The van der Waals surface area contributed by atoms with Gasteiger partial charge in [0.05, 0.1) is 15.6 Å². The number of hydrogen-bond acceptors (Lipinski definition) is 3. The summed E-state index contributed by atoms with van der Waals surface area (Å²) >= 11 is 6.02. The zero-order valence-electron chi connectivity index (χ0n) is 18.1. The maximum absolute atomic E-state index is 12.6. The minimum Gasteiger partial charge on any atom is -0.323 e. The monoisotopic (exact) mass is 468 g/mol. The third-order valence-corrected chi connectivity index (χ3v) is 6.47. The fraction of sp³-hybridized carbons (Fsp3) is 0.160. The average Bonchev–Trinajstić information content (AvgIpc) is 2.74. The minimum atomic E-state index is -3.80. The van der Waals surface area contributed by atoms with Gasteiger partial charge in [-0.2, -0.15) is 0 Å².